The predicted octanol–water partition coefficient (Wildman–Crippen LogP) is 1.22. The first-order valence-corrected chi connectivity index (χ1v) is 4.33. The van der Waals surface area contributed by atoms with Gasteiger partial charge in [0.1, 0.15) is 0 Å². The molecular weight excluding hydrogens is 184 g/mol. The summed E-state index contributed by atoms with van der Waals surface area (Å²) in [6.45, 7) is 5.57. The van der Waals surface area contributed by atoms with Crippen LogP contribution in [-0.4, -0.2) is 25.2 Å². The highest BCUT2D eigenvalue weighted by Gasteiger charge is 1.94. The molecule has 0 aliphatic carbocycles. The summed E-state index contributed by atoms with van der Waals surface area (Å²) < 4.78 is 9.31. The fraction of sp³-hybridized carbons (Fsp3) is 0.400. The Morgan fingerprint density at radius 1 is 1.29 bits per heavy atom. The molecule has 4 heteroatoms. The standard InChI is InChI=1S/C10H14O4/c1-3-9(11)14-8-6-5-7-10(12)13-4-2/h3,5,7H,1,4,6,8H2,2H3. The van der Waals surface area contributed by atoms with E-state index in [9.17, 15) is 9.59 Å². The van der Waals surface area contributed by atoms with E-state index in [0.29, 0.717) is 13.0 Å². The fourth-order valence-corrected chi connectivity index (χ4v) is 0.656. The van der Waals surface area contributed by atoms with Gasteiger partial charge in [-0.15, -0.1) is 0 Å². The Hall–Kier alpha value is -1.58. The minimum absolute atomic E-state index is 0.237. The largest absolute Gasteiger partial charge is 0.463 e. The second-order valence-corrected chi connectivity index (χ2v) is 2.31. The van der Waals surface area contributed by atoms with Gasteiger partial charge in [0.15, 0.2) is 0 Å². The summed E-state index contributed by atoms with van der Waals surface area (Å²) in [6, 6.07) is 0. The Labute approximate surface area is 83.2 Å². The molecule has 4 nitrogen and oxygen atoms in total. The third-order valence-electron chi connectivity index (χ3n) is 1.24. The molecule has 0 rings (SSSR count). The lowest BCUT2D eigenvalue weighted by Crippen LogP contribution is -2.02. The number of rotatable bonds is 6. The van der Waals surface area contributed by atoms with Crippen LogP contribution in [0.5, 0.6) is 0 Å². The molecule has 0 spiro atoms. The molecule has 0 atom stereocenters. The molecule has 0 aromatic rings. The first kappa shape index (κ1) is 12.4. The van der Waals surface area contributed by atoms with Gasteiger partial charge in [-0.2, -0.15) is 0 Å². The van der Waals surface area contributed by atoms with Crippen molar-refractivity contribution in [3.63, 3.8) is 0 Å². The normalized spacial score (nSPS) is 9.79. The smallest absolute Gasteiger partial charge is 0.330 e. The number of ether oxygens (including phenoxy) is 2. The second kappa shape index (κ2) is 8.04. The lowest BCUT2D eigenvalue weighted by atomic mass is 10.4. The van der Waals surface area contributed by atoms with Gasteiger partial charge < -0.3 is 9.47 Å². The maximum Gasteiger partial charge on any atom is 0.330 e. The van der Waals surface area contributed by atoms with Crippen molar-refractivity contribution in [1.29, 1.82) is 0 Å². The molecule has 0 saturated heterocycles. The summed E-state index contributed by atoms with van der Waals surface area (Å²) in [5.41, 5.74) is 0. The number of hydrogen-bond acceptors (Lipinski definition) is 4. The van der Waals surface area contributed by atoms with Crippen LogP contribution in [0.15, 0.2) is 24.8 Å². The average molecular weight is 198 g/mol. The van der Waals surface area contributed by atoms with Gasteiger partial charge in [-0.25, -0.2) is 9.59 Å². The molecule has 0 bridgehead atoms. The van der Waals surface area contributed by atoms with Crippen LogP contribution in [0.4, 0.5) is 0 Å². The van der Waals surface area contributed by atoms with E-state index in [1.807, 2.05) is 0 Å². The van der Waals surface area contributed by atoms with E-state index in [1.54, 1.807) is 13.0 Å². The minimum Gasteiger partial charge on any atom is -0.463 e. The van der Waals surface area contributed by atoms with Crippen molar-refractivity contribution in [3.8, 4) is 0 Å². The molecule has 0 aliphatic heterocycles. The molecule has 0 amide bonds. The van der Waals surface area contributed by atoms with E-state index in [-0.39, 0.29) is 12.6 Å². The summed E-state index contributed by atoms with van der Waals surface area (Å²) >= 11 is 0. The number of esters is 2. The van der Waals surface area contributed by atoms with E-state index in [4.69, 9.17) is 0 Å². The third kappa shape index (κ3) is 7.09. The molecule has 0 radical (unpaired) electrons. The maximum atomic E-state index is 10.8. The molecule has 14 heavy (non-hydrogen) atoms. The highest BCUT2D eigenvalue weighted by Crippen LogP contribution is 1.89. The van der Waals surface area contributed by atoms with Gasteiger partial charge in [0.25, 0.3) is 0 Å². The summed E-state index contributed by atoms with van der Waals surface area (Å²) in [5, 5.41) is 0. The maximum absolute atomic E-state index is 10.8. The molecule has 0 aromatic carbocycles. The first-order valence-electron chi connectivity index (χ1n) is 4.33. The molecule has 0 fully saturated rings. The fourth-order valence-electron chi connectivity index (χ4n) is 0.656. The van der Waals surface area contributed by atoms with Gasteiger partial charge in [-0.3, -0.25) is 0 Å². The van der Waals surface area contributed by atoms with E-state index in [0.717, 1.165) is 6.08 Å². The summed E-state index contributed by atoms with van der Waals surface area (Å²) in [5.74, 6) is -0.850. The highest BCUT2D eigenvalue weighted by molar-refractivity contribution is 5.82. The van der Waals surface area contributed by atoms with Gasteiger partial charge in [-0.05, 0) is 6.92 Å². The molecule has 0 aromatic heterocycles. The van der Waals surface area contributed by atoms with Crippen LogP contribution in [0.25, 0.3) is 0 Å². The van der Waals surface area contributed by atoms with Crippen LogP contribution in [-0.2, 0) is 19.1 Å². The van der Waals surface area contributed by atoms with Crippen molar-refractivity contribution in [2.45, 2.75) is 13.3 Å². The Bertz CT molecular complexity index is 230. The van der Waals surface area contributed by atoms with Crippen molar-refractivity contribution in [1.82, 2.24) is 0 Å². The van der Waals surface area contributed by atoms with Crippen molar-refractivity contribution in [3.05, 3.63) is 24.8 Å². The molecule has 0 aliphatic rings. The summed E-state index contributed by atoms with van der Waals surface area (Å²) in [6.07, 6.45) is 4.48. The highest BCUT2D eigenvalue weighted by atomic mass is 16.5. The predicted molar refractivity (Wildman–Crippen MR) is 51.5 cm³/mol. The van der Waals surface area contributed by atoms with E-state index in [2.05, 4.69) is 16.1 Å². The van der Waals surface area contributed by atoms with E-state index < -0.39 is 5.97 Å². The molecule has 0 saturated carbocycles. The van der Waals surface area contributed by atoms with Gasteiger partial charge in [0, 0.05) is 18.6 Å². The minimum atomic E-state index is -0.463. The van der Waals surface area contributed by atoms with Crippen LogP contribution < -0.4 is 0 Å². The van der Waals surface area contributed by atoms with Crippen LogP contribution in [0.3, 0.4) is 0 Å². The van der Waals surface area contributed by atoms with Crippen molar-refractivity contribution in [2.75, 3.05) is 13.2 Å². The second-order valence-electron chi connectivity index (χ2n) is 2.31. The SMILES string of the molecule is C=CC(=O)OCCC=CC(=O)OCC. The lowest BCUT2D eigenvalue weighted by molar-refractivity contribution is -0.137. The van der Waals surface area contributed by atoms with Crippen molar-refractivity contribution >= 4 is 11.9 Å². The number of carbonyl (C=O) groups is 2. The zero-order valence-electron chi connectivity index (χ0n) is 8.19. The number of carbonyl (C=O) groups excluding carboxylic acids is 2. The van der Waals surface area contributed by atoms with Crippen molar-refractivity contribution in [2.24, 2.45) is 0 Å². The Morgan fingerprint density at radius 2 is 2.00 bits per heavy atom. The van der Waals surface area contributed by atoms with E-state index in [1.165, 1.54) is 6.08 Å². The average Bonchev–Trinajstić information content (AvgIpc) is 2.17. The van der Waals surface area contributed by atoms with Crippen LogP contribution in [0.1, 0.15) is 13.3 Å². The first-order chi connectivity index (χ1) is 6.70. The number of hydrogen-bond donors (Lipinski definition) is 0. The van der Waals surface area contributed by atoms with Gasteiger partial charge in [-0.1, -0.05) is 12.7 Å². The van der Waals surface area contributed by atoms with E-state index >= 15 is 0 Å². The zero-order valence-corrected chi connectivity index (χ0v) is 8.19. The monoisotopic (exact) mass is 198 g/mol. The summed E-state index contributed by atoms with van der Waals surface area (Å²) in [4.78, 5) is 21.3. The lowest BCUT2D eigenvalue weighted by Gasteiger charge is -1.97. The molecular formula is C10H14O4. The Kier molecular flexibility index (Phi) is 7.13. The van der Waals surface area contributed by atoms with Crippen LogP contribution in [0, 0.1) is 0 Å². The summed E-state index contributed by atoms with van der Waals surface area (Å²) in [7, 11) is 0. The zero-order chi connectivity index (χ0) is 10.8. The quantitative estimate of drug-likeness (QED) is 0.366. The molecule has 0 N–H and O–H groups in total. The Morgan fingerprint density at radius 3 is 2.57 bits per heavy atom. The third-order valence-corrected chi connectivity index (χ3v) is 1.24. The molecule has 0 heterocycles. The Balaban J connectivity index is 3.48. The van der Waals surface area contributed by atoms with Gasteiger partial charge in [0.2, 0.25) is 0 Å². The van der Waals surface area contributed by atoms with Gasteiger partial charge in [0.05, 0.1) is 13.2 Å². The van der Waals surface area contributed by atoms with Crippen LogP contribution in [0.2, 0.25) is 0 Å². The van der Waals surface area contributed by atoms with Crippen molar-refractivity contribution < 1.29 is 19.1 Å². The van der Waals surface area contributed by atoms with Crippen LogP contribution >= 0.6 is 0 Å². The molecule has 0 unspecified atom stereocenters. The molecule has 78 valence electrons. The van der Waals surface area contributed by atoms with Gasteiger partial charge >= 0.3 is 11.9 Å². The topological polar surface area (TPSA) is 52.6 Å².